The van der Waals surface area contributed by atoms with Crippen molar-refractivity contribution in [2.75, 3.05) is 19.2 Å². The van der Waals surface area contributed by atoms with Crippen molar-refractivity contribution in [1.29, 1.82) is 0 Å². The first-order valence-electron chi connectivity index (χ1n) is 8.93. The van der Waals surface area contributed by atoms with Crippen molar-refractivity contribution in [2.24, 2.45) is 0 Å². The van der Waals surface area contributed by atoms with Crippen LogP contribution in [-0.2, 0) is 22.3 Å². The van der Waals surface area contributed by atoms with Gasteiger partial charge in [0.05, 0.1) is 30.0 Å². The van der Waals surface area contributed by atoms with Crippen LogP contribution >= 0.6 is 0 Å². The first-order valence-corrected chi connectivity index (χ1v) is 10.4. The second-order valence-corrected chi connectivity index (χ2v) is 8.09. The molecule has 2 aromatic carbocycles. The van der Waals surface area contributed by atoms with Crippen LogP contribution in [-0.4, -0.2) is 33.8 Å². The number of aromatic nitrogens is 2. The van der Waals surface area contributed by atoms with Gasteiger partial charge in [-0.15, -0.1) is 0 Å². The molecule has 29 heavy (non-hydrogen) atoms. The van der Waals surface area contributed by atoms with Crippen LogP contribution in [0, 0.1) is 0 Å². The Labute approximate surface area is 168 Å². The maximum Gasteiger partial charge on any atom is 0.256 e. The molecule has 0 spiro atoms. The highest BCUT2D eigenvalue weighted by Gasteiger charge is 2.29. The number of carbonyl (C=O) groups excluding carboxylic acids is 1. The lowest BCUT2D eigenvalue weighted by molar-refractivity contribution is 0.102. The summed E-state index contributed by atoms with van der Waals surface area (Å²) in [6, 6.07) is 12.4. The minimum atomic E-state index is -1.01. The number of ether oxygens (including phenoxy) is 3. The van der Waals surface area contributed by atoms with E-state index in [4.69, 9.17) is 14.2 Å². The lowest BCUT2D eigenvalue weighted by atomic mass is 10.2. The van der Waals surface area contributed by atoms with Gasteiger partial charge < -0.3 is 19.5 Å². The summed E-state index contributed by atoms with van der Waals surface area (Å²) in [5.41, 5.74) is 2.74. The standard InChI is InChI=1S/C20H17N3O5S/c1-26-14-5-3-13(4-6-14)23-19(15-9-29(25)10-16(15)22-23)21-20(24)12-2-7-17-18(8-12)28-11-27-17/h2-8H,9-11H2,1H3,(H,21,24)/t29-/m0/s1. The van der Waals surface area contributed by atoms with Crippen LogP contribution in [0.25, 0.3) is 5.69 Å². The summed E-state index contributed by atoms with van der Waals surface area (Å²) in [5, 5.41) is 7.54. The zero-order chi connectivity index (χ0) is 20.0. The summed E-state index contributed by atoms with van der Waals surface area (Å²) in [5.74, 6) is 2.83. The first kappa shape index (κ1) is 17.7. The summed E-state index contributed by atoms with van der Waals surface area (Å²) < 4.78 is 29.6. The van der Waals surface area contributed by atoms with Crippen molar-refractivity contribution >= 4 is 22.5 Å². The molecule has 1 atom stereocenters. The van der Waals surface area contributed by atoms with Gasteiger partial charge in [0.15, 0.2) is 11.5 Å². The van der Waals surface area contributed by atoms with E-state index in [1.165, 1.54) is 0 Å². The molecule has 2 aliphatic heterocycles. The van der Waals surface area contributed by atoms with Crippen molar-refractivity contribution in [2.45, 2.75) is 11.5 Å². The molecule has 0 unspecified atom stereocenters. The summed E-state index contributed by atoms with van der Waals surface area (Å²) in [7, 11) is 0.590. The Hall–Kier alpha value is -3.33. The van der Waals surface area contributed by atoms with E-state index in [-0.39, 0.29) is 12.7 Å². The maximum atomic E-state index is 12.9. The average Bonchev–Trinajstić information content (AvgIpc) is 3.42. The molecule has 5 rings (SSSR count). The van der Waals surface area contributed by atoms with Crippen LogP contribution in [0.3, 0.4) is 0 Å². The van der Waals surface area contributed by atoms with Gasteiger partial charge in [0.2, 0.25) is 6.79 Å². The summed E-state index contributed by atoms with van der Waals surface area (Å²) >= 11 is 0. The topological polar surface area (TPSA) is 91.7 Å². The Morgan fingerprint density at radius 1 is 1.14 bits per heavy atom. The van der Waals surface area contributed by atoms with Gasteiger partial charge in [-0.3, -0.25) is 9.00 Å². The van der Waals surface area contributed by atoms with Crippen molar-refractivity contribution < 1.29 is 23.2 Å². The van der Waals surface area contributed by atoms with E-state index >= 15 is 0 Å². The number of benzene rings is 2. The van der Waals surface area contributed by atoms with Crippen LogP contribution in [0.4, 0.5) is 5.82 Å². The predicted octanol–water partition coefficient (Wildman–Crippen LogP) is 2.62. The van der Waals surface area contributed by atoms with Crippen LogP contribution in [0.2, 0.25) is 0 Å². The zero-order valence-electron chi connectivity index (χ0n) is 15.5. The molecule has 1 N–H and O–H groups in total. The third-order valence-electron chi connectivity index (χ3n) is 4.85. The molecule has 0 saturated carbocycles. The fraction of sp³-hybridized carbons (Fsp3) is 0.200. The smallest absolute Gasteiger partial charge is 0.256 e. The number of carbonyl (C=O) groups is 1. The number of hydrogen-bond acceptors (Lipinski definition) is 6. The van der Waals surface area contributed by atoms with Crippen molar-refractivity contribution in [1.82, 2.24) is 9.78 Å². The molecular weight excluding hydrogens is 394 g/mol. The van der Waals surface area contributed by atoms with Gasteiger partial charge in [-0.2, -0.15) is 5.10 Å². The van der Waals surface area contributed by atoms with E-state index < -0.39 is 10.8 Å². The molecule has 9 heteroatoms. The number of nitrogens with one attached hydrogen (secondary N) is 1. The van der Waals surface area contributed by atoms with Gasteiger partial charge in [0.1, 0.15) is 11.6 Å². The van der Waals surface area contributed by atoms with Gasteiger partial charge in [-0.05, 0) is 42.5 Å². The van der Waals surface area contributed by atoms with Crippen molar-refractivity contribution in [3.8, 4) is 22.9 Å². The molecule has 1 aromatic heterocycles. The van der Waals surface area contributed by atoms with E-state index in [1.807, 2.05) is 24.3 Å². The molecule has 3 aromatic rings. The molecule has 1 amide bonds. The normalized spacial score (nSPS) is 16.5. The van der Waals surface area contributed by atoms with Gasteiger partial charge in [-0.1, -0.05) is 0 Å². The number of hydrogen-bond donors (Lipinski definition) is 1. The minimum absolute atomic E-state index is 0.143. The van der Waals surface area contributed by atoms with Gasteiger partial charge in [-0.25, -0.2) is 4.68 Å². The number of rotatable bonds is 4. The van der Waals surface area contributed by atoms with E-state index in [9.17, 15) is 9.00 Å². The van der Waals surface area contributed by atoms with Gasteiger partial charge in [0.25, 0.3) is 5.91 Å². The van der Waals surface area contributed by atoms with Crippen molar-refractivity contribution in [3.05, 3.63) is 59.3 Å². The molecule has 0 saturated heterocycles. The molecule has 3 heterocycles. The lowest BCUT2D eigenvalue weighted by Gasteiger charge is -2.12. The lowest BCUT2D eigenvalue weighted by Crippen LogP contribution is -2.16. The Morgan fingerprint density at radius 3 is 2.72 bits per heavy atom. The van der Waals surface area contributed by atoms with Crippen LogP contribution in [0.1, 0.15) is 21.6 Å². The van der Waals surface area contributed by atoms with Crippen LogP contribution < -0.4 is 19.5 Å². The number of methoxy groups -OCH3 is 1. The fourth-order valence-corrected chi connectivity index (χ4v) is 4.65. The molecule has 0 radical (unpaired) electrons. The van der Waals surface area contributed by atoms with Crippen molar-refractivity contribution in [3.63, 3.8) is 0 Å². The molecular formula is C20H17N3O5S. The number of anilines is 1. The third-order valence-corrected chi connectivity index (χ3v) is 6.06. The van der Waals surface area contributed by atoms with Crippen LogP contribution in [0.15, 0.2) is 42.5 Å². The monoisotopic (exact) mass is 411 g/mol. The SMILES string of the molecule is COc1ccc(-n2nc3c(c2NC(=O)c2ccc4c(c2)OCO4)C[S@](=O)C3)cc1. The van der Waals surface area contributed by atoms with E-state index in [0.29, 0.717) is 34.4 Å². The Morgan fingerprint density at radius 2 is 1.93 bits per heavy atom. The fourth-order valence-electron chi connectivity index (χ4n) is 3.38. The number of nitrogens with zero attached hydrogens (tertiary/aromatic N) is 2. The zero-order valence-corrected chi connectivity index (χ0v) is 16.3. The first-order chi connectivity index (χ1) is 14.1. The summed E-state index contributed by atoms with van der Waals surface area (Å²) in [4.78, 5) is 12.9. The number of amides is 1. The van der Waals surface area contributed by atoms with E-state index in [1.54, 1.807) is 30.0 Å². The third kappa shape index (κ3) is 3.13. The second kappa shape index (κ2) is 6.93. The molecule has 0 bridgehead atoms. The van der Waals surface area contributed by atoms with E-state index in [2.05, 4.69) is 10.4 Å². The molecule has 8 nitrogen and oxygen atoms in total. The van der Waals surface area contributed by atoms with Gasteiger partial charge >= 0.3 is 0 Å². The molecule has 2 aliphatic rings. The Balaban J connectivity index is 1.51. The Bertz CT molecular complexity index is 1140. The largest absolute Gasteiger partial charge is 0.497 e. The Kier molecular flexibility index (Phi) is 4.24. The van der Waals surface area contributed by atoms with Gasteiger partial charge in [0, 0.05) is 21.9 Å². The van der Waals surface area contributed by atoms with E-state index in [0.717, 1.165) is 22.7 Å². The maximum absolute atomic E-state index is 12.9. The molecule has 148 valence electrons. The summed E-state index contributed by atoms with van der Waals surface area (Å²) in [6.45, 7) is 0.143. The number of fused-ring (bicyclic) bond motifs is 2. The quantitative estimate of drug-likeness (QED) is 0.710. The van der Waals surface area contributed by atoms with Crippen LogP contribution in [0.5, 0.6) is 17.2 Å². The molecule has 0 fully saturated rings. The minimum Gasteiger partial charge on any atom is -0.497 e. The summed E-state index contributed by atoms with van der Waals surface area (Å²) in [6.07, 6.45) is 0. The highest BCUT2D eigenvalue weighted by molar-refractivity contribution is 7.83. The highest BCUT2D eigenvalue weighted by Crippen LogP contribution is 2.34. The average molecular weight is 411 g/mol. The second-order valence-electron chi connectivity index (χ2n) is 6.63. The highest BCUT2D eigenvalue weighted by atomic mass is 32.2. The molecule has 0 aliphatic carbocycles. The predicted molar refractivity (Wildman–Crippen MR) is 106 cm³/mol.